The van der Waals surface area contributed by atoms with Gasteiger partial charge in [-0.3, -0.25) is 14.5 Å². The third-order valence-electron chi connectivity index (χ3n) is 7.08. The number of hydrogen-bond acceptors (Lipinski definition) is 16. The third kappa shape index (κ3) is 14.4. The molecule has 1 aromatic rings. The fourth-order valence-electron chi connectivity index (χ4n) is 4.02. The van der Waals surface area contributed by atoms with E-state index in [4.69, 9.17) is 14.9 Å². The summed E-state index contributed by atoms with van der Waals surface area (Å²) in [6, 6.07) is 5.23. The van der Waals surface area contributed by atoms with Crippen molar-refractivity contribution in [3.8, 4) is 5.75 Å². The molecule has 0 amide bonds. The quantitative estimate of drug-likeness (QED) is 0.0634. The topological polar surface area (TPSA) is 249 Å². The standard InChI is InChI=1S/C30H51NO13S2/c1-16(2)29(42)45-14-18-5-6-20(9-19(18)15-46-30(43)17(3)4)44-8-7-31(10-21(34)25(38)27(40)23(36)12-32)11-22(35)26(39)28(41)24(37)13-33/h5-6,9,16-17,21-28,32-41H,7-8,10-15H2,1-4H3/t21-,22-,23+,24+,25+,26+,27-,28-/m0/s1. The molecule has 0 fully saturated rings. The molecule has 0 unspecified atom stereocenters. The molecular formula is C30H51NO13S2. The van der Waals surface area contributed by atoms with Crippen molar-refractivity contribution >= 4 is 33.8 Å². The molecule has 0 aromatic heterocycles. The molecule has 0 saturated carbocycles. The summed E-state index contributed by atoms with van der Waals surface area (Å²) in [7, 11) is 0. The van der Waals surface area contributed by atoms with Gasteiger partial charge in [0, 0.05) is 43.0 Å². The predicted octanol–water partition coefficient (Wildman–Crippen LogP) is -1.93. The minimum Gasteiger partial charge on any atom is -0.492 e. The van der Waals surface area contributed by atoms with Crippen LogP contribution in [0.2, 0.25) is 0 Å². The van der Waals surface area contributed by atoms with Gasteiger partial charge in [-0.05, 0) is 23.3 Å². The molecule has 0 aliphatic rings. The molecule has 0 saturated heterocycles. The molecule has 8 atom stereocenters. The summed E-state index contributed by atoms with van der Waals surface area (Å²) in [5.74, 6) is 0.871. The van der Waals surface area contributed by atoms with Gasteiger partial charge >= 0.3 is 0 Å². The summed E-state index contributed by atoms with van der Waals surface area (Å²) in [4.78, 5) is 25.8. The first kappa shape index (κ1) is 42.6. The Kier molecular flexibility index (Phi) is 20.0. The Labute approximate surface area is 278 Å². The van der Waals surface area contributed by atoms with Gasteiger partial charge in [-0.1, -0.05) is 57.3 Å². The summed E-state index contributed by atoms with van der Waals surface area (Å²) < 4.78 is 5.90. The summed E-state index contributed by atoms with van der Waals surface area (Å²) in [6.45, 7) is 4.51. The van der Waals surface area contributed by atoms with E-state index in [1.54, 1.807) is 32.0 Å². The summed E-state index contributed by atoms with van der Waals surface area (Å²) in [5.41, 5.74) is 1.65. The number of aliphatic hydroxyl groups is 10. The predicted molar refractivity (Wildman–Crippen MR) is 173 cm³/mol. The van der Waals surface area contributed by atoms with Crippen LogP contribution in [-0.4, -0.2) is 154 Å². The van der Waals surface area contributed by atoms with Crippen LogP contribution in [0.25, 0.3) is 0 Å². The van der Waals surface area contributed by atoms with Crippen molar-refractivity contribution in [3.05, 3.63) is 29.3 Å². The van der Waals surface area contributed by atoms with Gasteiger partial charge in [0.15, 0.2) is 10.2 Å². The number of benzene rings is 1. The second-order valence-corrected chi connectivity index (χ2v) is 13.6. The molecule has 0 radical (unpaired) electrons. The molecule has 1 rings (SSSR count). The molecule has 14 nitrogen and oxygen atoms in total. The Morgan fingerprint density at radius 3 is 1.50 bits per heavy atom. The summed E-state index contributed by atoms with van der Waals surface area (Å²) in [5, 5.41) is 99.0. The normalized spacial score (nSPS) is 17.4. The number of aliphatic hydroxyl groups excluding tert-OH is 10. The Balaban J connectivity index is 3.11. The lowest BCUT2D eigenvalue weighted by atomic mass is 10.0. The molecule has 0 heterocycles. The highest BCUT2D eigenvalue weighted by Gasteiger charge is 2.34. The highest BCUT2D eigenvalue weighted by Crippen LogP contribution is 2.28. The van der Waals surface area contributed by atoms with Crippen LogP contribution >= 0.6 is 23.5 Å². The van der Waals surface area contributed by atoms with Crippen molar-refractivity contribution in [2.75, 3.05) is 39.5 Å². The molecule has 10 N–H and O–H groups in total. The van der Waals surface area contributed by atoms with Crippen molar-refractivity contribution in [2.24, 2.45) is 11.8 Å². The zero-order valence-electron chi connectivity index (χ0n) is 26.6. The van der Waals surface area contributed by atoms with Crippen molar-refractivity contribution in [1.82, 2.24) is 4.90 Å². The number of ether oxygens (including phenoxy) is 1. The fourth-order valence-corrected chi connectivity index (χ4v) is 5.83. The smallest absolute Gasteiger partial charge is 0.191 e. The van der Waals surface area contributed by atoms with Gasteiger partial charge in [0.1, 0.15) is 49.0 Å². The molecular weight excluding hydrogens is 646 g/mol. The first-order valence-corrected chi connectivity index (χ1v) is 17.0. The first-order chi connectivity index (χ1) is 21.5. The number of nitrogens with zero attached hydrogens (tertiary/aromatic N) is 1. The van der Waals surface area contributed by atoms with Crippen LogP contribution in [0.4, 0.5) is 0 Å². The third-order valence-corrected chi connectivity index (χ3v) is 9.50. The number of carbonyl (C=O) groups excluding carboxylic acids is 2. The van der Waals surface area contributed by atoms with Gasteiger partial charge in [0.05, 0.1) is 25.4 Å². The van der Waals surface area contributed by atoms with Gasteiger partial charge in [0.25, 0.3) is 0 Å². The second kappa shape index (κ2) is 21.6. The van der Waals surface area contributed by atoms with Crippen LogP contribution in [0, 0.1) is 11.8 Å². The summed E-state index contributed by atoms with van der Waals surface area (Å²) >= 11 is 2.34. The fraction of sp³-hybridized carbons (Fsp3) is 0.733. The van der Waals surface area contributed by atoms with Crippen molar-refractivity contribution in [3.63, 3.8) is 0 Å². The largest absolute Gasteiger partial charge is 0.492 e. The first-order valence-electron chi connectivity index (χ1n) is 15.0. The van der Waals surface area contributed by atoms with Crippen molar-refractivity contribution in [2.45, 2.75) is 88.0 Å². The number of rotatable bonds is 22. The zero-order valence-corrected chi connectivity index (χ0v) is 28.3. The number of thioether (sulfide) groups is 2. The minimum atomic E-state index is -1.91. The highest BCUT2D eigenvalue weighted by molar-refractivity contribution is 8.13. The minimum absolute atomic E-state index is 0.00793. The van der Waals surface area contributed by atoms with E-state index < -0.39 is 75.1 Å². The monoisotopic (exact) mass is 697 g/mol. The van der Waals surface area contributed by atoms with Crippen LogP contribution in [0.3, 0.4) is 0 Å². The van der Waals surface area contributed by atoms with Crippen LogP contribution < -0.4 is 4.74 Å². The van der Waals surface area contributed by atoms with Crippen LogP contribution in [0.15, 0.2) is 18.2 Å². The van der Waals surface area contributed by atoms with Gasteiger partial charge in [0.2, 0.25) is 0 Å². The van der Waals surface area contributed by atoms with E-state index in [2.05, 4.69) is 0 Å². The molecule has 0 spiro atoms. The van der Waals surface area contributed by atoms with Crippen molar-refractivity contribution < 1.29 is 65.4 Å². The van der Waals surface area contributed by atoms with E-state index in [-0.39, 0.29) is 35.2 Å². The Bertz CT molecular complexity index is 1020. The molecule has 46 heavy (non-hydrogen) atoms. The zero-order chi connectivity index (χ0) is 35.1. The molecule has 0 aliphatic heterocycles. The van der Waals surface area contributed by atoms with E-state index in [0.717, 1.165) is 22.9 Å². The van der Waals surface area contributed by atoms with Gasteiger partial charge in [-0.15, -0.1) is 0 Å². The number of carbonyl (C=O) groups is 2. The van der Waals surface area contributed by atoms with E-state index in [1.807, 2.05) is 13.8 Å². The van der Waals surface area contributed by atoms with E-state index >= 15 is 0 Å². The van der Waals surface area contributed by atoms with E-state index in [9.17, 15) is 50.4 Å². The van der Waals surface area contributed by atoms with Gasteiger partial charge in [-0.25, -0.2) is 0 Å². The summed E-state index contributed by atoms with van der Waals surface area (Å²) in [6.07, 6.45) is -14.5. The average molecular weight is 698 g/mol. The molecule has 266 valence electrons. The maximum Gasteiger partial charge on any atom is 0.191 e. The lowest BCUT2D eigenvalue weighted by molar-refractivity contribution is -0.130. The Morgan fingerprint density at radius 1 is 0.674 bits per heavy atom. The Morgan fingerprint density at radius 2 is 1.09 bits per heavy atom. The molecule has 0 bridgehead atoms. The lowest BCUT2D eigenvalue weighted by Crippen LogP contribution is -2.53. The van der Waals surface area contributed by atoms with Crippen LogP contribution in [-0.2, 0) is 21.1 Å². The van der Waals surface area contributed by atoms with Crippen molar-refractivity contribution in [1.29, 1.82) is 0 Å². The molecule has 0 aliphatic carbocycles. The van der Waals surface area contributed by atoms with Gasteiger partial charge in [-0.2, -0.15) is 0 Å². The second-order valence-electron chi connectivity index (χ2n) is 11.7. The molecule has 1 aromatic carbocycles. The van der Waals surface area contributed by atoms with E-state index in [0.29, 0.717) is 17.3 Å². The number of hydrogen-bond donors (Lipinski definition) is 10. The van der Waals surface area contributed by atoms with Gasteiger partial charge < -0.3 is 55.8 Å². The van der Waals surface area contributed by atoms with Crippen LogP contribution in [0.1, 0.15) is 38.8 Å². The SMILES string of the molecule is CC(C)C(=O)SCc1ccc(OCCN(C[C@H](O)[C@@H](O)[C@@H](O)[C@H](O)CO)C[C@H](O)[C@@H](O)[C@@H](O)[C@H](O)CO)cc1CSC(=O)C(C)C. The maximum absolute atomic E-state index is 12.3. The molecule has 16 heteroatoms. The van der Waals surface area contributed by atoms with Crippen LogP contribution in [0.5, 0.6) is 5.75 Å². The van der Waals surface area contributed by atoms with E-state index in [1.165, 1.54) is 16.7 Å². The maximum atomic E-state index is 12.3. The lowest BCUT2D eigenvalue weighted by Gasteiger charge is -2.33. The average Bonchev–Trinajstić information content (AvgIpc) is 3.03. The highest BCUT2D eigenvalue weighted by atomic mass is 32.2. The Hall–Kier alpha value is -1.38.